The molecule has 0 radical (unpaired) electrons. The lowest BCUT2D eigenvalue weighted by Crippen LogP contribution is -2.23. The molecule has 0 aliphatic carbocycles. The van der Waals surface area contributed by atoms with E-state index < -0.39 is 0 Å². The molecule has 1 aliphatic rings. The standard InChI is InChI=1S/C19H20N2O3/c1-13-11-14(8-9-17(13)24-2)19(23)20-15-5-3-6-16(12-15)21-10-4-7-18(21)22/h3,5-6,8-9,11-12H,4,7,10H2,1-2H3,(H,20,23). The van der Waals surface area contributed by atoms with Crippen molar-refractivity contribution in [3.63, 3.8) is 0 Å². The minimum absolute atomic E-state index is 0.129. The molecule has 2 amide bonds. The number of methoxy groups -OCH3 is 1. The molecular weight excluding hydrogens is 304 g/mol. The van der Waals surface area contributed by atoms with Crippen molar-refractivity contribution in [2.45, 2.75) is 19.8 Å². The first-order valence-electron chi connectivity index (χ1n) is 7.95. The molecule has 1 N–H and O–H groups in total. The summed E-state index contributed by atoms with van der Waals surface area (Å²) >= 11 is 0. The van der Waals surface area contributed by atoms with E-state index in [-0.39, 0.29) is 11.8 Å². The summed E-state index contributed by atoms with van der Waals surface area (Å²) in [5, 5.41) is 2.88. The Bertz CT molecular complexity index is 786. The topological polar surface area (TPSA) is 58.6 Å². The molecule has 0 spiro atoms. The number of benzene rings is 2. The fourth-order valence-electron chi connectivity index (χ4n) is 2.90. The summed E-state index contributed by atoms with van der Waals surface area (Å²) in [7, 11) is 1.60. The van der Waals surface area contributed by atoms with Gasteiger partial charge in [0.15, 0.2) is 0 Å². The van der Waals surface area contributed by atoms with E-state index in [1.54, 1.807) is 30.2 Å². The summed E-state index contributed by atoms with van der Waals surface area (Å²) in [6.07, 6.45) is 1.46. The van der Waals surface area contributed by atoms with Crippen LogP contribution in [0.15, 0.2) is 42.5 Å². The van der Waals surface area contributed by atoms with Crippen molar-refractivity contribution < 1.29 is 14.3 Å². The number of aryl methyl sites for hydroxylation is 1. The number of hydrogen-bond donors (Lipinski definition) is 1. The highest BCUT2D eigenvalue weighted by atomic mass is 16.5. The second kappa shape index (κ2) is 6.74. The molecule has 124 valence electrons. The van der Waals surface area contributed by atoms with E-state index in [1.807, 2.05) is 31.2 Å². The highest BCUT2D eigenvalue weighted by molar-refractivity contribution is 6.05. The van der Waals surface area contributed by atoms with Crippen LogP contribution in [0.5, 0.6) is 5.75 Å². The summed E-state index contributed by atoms with van der Waals surface area (Å²) in [5.41, 5.74) is 2.96. The van der Waals surface area contributed by atoms with Crippen LogP contribution in [0.2, 0.25) is 0 Å². The molecule has 1 aliphatic heterocycles. The summed E-state index contributed by atoms with van der Waals surface area (Å²) in [4.78, 5) is 26.0. The first-order valence-corrected chi connectivity index (χ1v) is 7.95. The number of hydrogen-bond acceptors (Lipinski definition) is 3. The lowest BCUT2D eigenvalue weighted by atomic mass is 10.1. The van der Waals surface area contributed by atoms with Gasteiger partial charge in [0, 0.05) is 29.9 Å². The highest BCUT2D eigenvalue weighted by Gasteiger charge is 2.21. The zero-order chi connectivity index (χ0) is 17.1. The molecule has 0 aromatic heterocycles. The van der Waals surface area contributed by atoms with E-state index in [0.717, 1.165) is 30.0 Å². The van der Waals surface area contributed by atoms with Crippen molar-refractivity contribution in [1.82, 2.24) is 0 Å². The molecule has 0 saturated carbocycles. The Labute approximate surface area is 141 Å². The molecule has 5 heteroatoms. The maximum Gasteiger partial charge on any atom is 0.255 e. The molecule has 1 fully saturated rings. The average Bonchev–Trinajstić information content (AvgIpc) is 3.01. The van der Waals surface area contributed by atoms with E-state index in [1.165, 1.54) is 0 Å². The minimum Gasteiger partial charge on any atom is -0.496 e. The minimum atomic E-state index is -0.189. The van der Waals surface area contributed by atoms with Gasteiger partial charge in [-0.2, -0.15) is 0 Å². The van der Waals surface area contributed by atoms with Crippen LogP contribution in [0, 0.1) is 6.92 Å². The van der Waals surface area contributed by atoms with E-state index >= 15 is 0 Å². The molecule has 0 atom stereocenters. The van der Waals surface area contributed by atoms with Crippen LogP contribution in [0.1, 0.15) is 28.8 Å². The molecular formula is C19H20N2O3. The van der Waals surface area contributed by atoms with E-state index in [0.29, 0.717) is 17.7 Å². The SMILES string of the molecule is COc1ccc(C(=O)Nc2cccc(N3CCCC3=O)c2)cc1C. The Morgan fingerprint density at radius 1 is 1.21 bits per heavy atom. The van der Waals surface area contributed by atoms with Crippen LogP contribution in [0.25, 0.3) is 0 Å². The number of nitrogens with zero attached hydrogens (tertiary/aromatic N) is 1. The Hall–Kier alpha value is -2.82. The quantitative estimate of drug-likeness (QED) is 0.938. The molecule has 0 bridgehead atoms. The number of rotatable bonds is 4. The Morgan fingerprint density at radius 2 is 2.04 bits per heavy atom. The van der Waals surface area contributed by atoms with Gasteiger partial charge in [0.05, 0.1) is 7.11 Å². The summed E-state index contributed by atoms with van der Waals surface area (Å²) in [6, 6.07) is 12.7. The van der Waals surface area contributed by atoms with Gasteiger partial charge in [0.25, 0.3) is 5.91 Å². The van der Waals surface area contributed by atoms with Crippen molar-refractivity contribution >= 4 is 23.2 Å². The summed E-state index contributed by atoms with van der Waals surface area (Å²) in [5.74, 6) is 0.691. The number of amides is 2. The van der Waals surface area contributed by atoms with Gasteiger partial charge in [-0.1, -0.05) is 6.07 Å². The van der Waals surface area contributed by atoms with Crippen LogP contribution in [-0.4, -0.2) is 25.5 Å². The Kier molecular flexibility index (Phi) is 4.51. The zero-order valence-electron chi connectivity index (χ0n) is 13.8. The number of carbonyl (C=O) groups excluding carboxylic acids is 2. The van der Waals surface area contributed by atoms with Crippen molar-refractivity contribution in [2.75, 3.05) is 23.9 Å². The highest BCUT2D eigenvalue weighted by Crippen LogP contribution is 2.25. The van der Waals surface area contributed by atoms with E-state index in [4.69, 9.17) is 4.74 Å². The molecule has 5 nitrogen and oxygen atoms in total. The maximum atomic E-state index is 12.4. The Morgan fingerprint density at radius 3 is 2.71 bits per heavy atom. The van der Waals surface area contributed by atoms with Gasteiger partial charge in [0.1, 0.15) is 5.75 Å². The van der Waals surface area contributed by atoms with Crippen molar-refractivity contribution in [3.8, 4) is 5.75 Å². The van der Waals surface area contributed by atoms with Crippen molar-refractivity contribution in [1.29, 1.82) is 0 Å². The van der Waals surface area contributed by atoms with Crippen LogP contribution in [0.3, 0.4) is 0 Å². The smallest absolute Gasteiger partial charge is 0.255 e. The van der Waals surface area contributed by atoms with Crippen LogP contribution < -0.4 is 15.0 Å². The van der Waals surface area contributed by atoms with E-state index in [9.17, 15) is 9.59 Å². The largest absolute Gasteiger partial charge is 0.496 e. The number of ether oxygens (including phenoxy) is 1. The van der Waals surface area contributed by atoms with Gasteiger partial charge in [-0.15, -0.1) is 0 Å². The monoisotopic (exact) mass is 324 g/mol. The third kappa shape index (κ3) is 3.25. The first-order chi connectivity index (χ1) is 11.6. The van der Waals surface area contributed by atoms with Crippen LogP contribution in [0.4, 0.5) is 11.4 Å². The second-order valence-electron chi connectivity index (χ2n) is 5.84. The maximum absolute atomic E-state index is 12.4. The number of nitrogens with one attached hydrogen (secondary N) is 1. The summed E-state index contributed by atoms with van der Waals surface area (Å²) in [6.45, 7) is 2.63. The normalized spacial score (nSPS) is 13.9. The molecule has 3 rings (SSSR count). The third-order valence-electron chi connectivity index (χ3n) is 4.15. The first kappa shape index (κ1) is 16.1. The molecule has 2 aromatic rings. The summed E-state index contributed by atoms with van der Waals surface area (Å²) < 4.78 is 5.21. The Balaban J connectivity index is 1.77. The predicted molar refractivity (Wildman–Crippen MR) is 93.7 cm³/mol. The van der Waals surface area contributed by atoms with Gasteiger partial charge in [0.2, 0.25) is 5.91 Å². The fourth-order valence-corrected chi connectivity index (χ4v) is 2.90. The van der Waals surface area contributed by atoms with Crippen LogP contribution in [-0.2, 0) is 4.79 Å². The predicted octanol–water partition coefficient (Wildman–Crippen LogP) is 3.38. The molecule has 1 heterocycles. The van der Waals surface area contributed by atoms with Gasteiger partial charge in [-0.3, -0.25) is 9.59 Å². The number of carbonyl (C=O) groups is 2. The van der Waals surface area contributed by atoms with Crippen LogP contribution >= 0.6 is 0 Å². The lowest BCUT2D eigenvalue weighted by molar-refractivity contribution is -0.117. The molecule has 1 saturated heterocycles. The van der Waals surface area contributed by atoms with Gasteiger partial charge < -0.3 is 15.0 Å². The second-order valence-corrected chi connectivity index (χ2v) is 5.84. The van der Waals surface area contributed by atoms with E-state index in [2.05, 4.69) is 5.32 Å². The third-order valence-corrected chi connectivity index (χ3v) is 4.15. The lowest BCUT2D eigenvalue weighted by Gasteiger charge is -2.17. The molecule has 2 aromatic carbocycles. The van der Waals surface area contributed by atoms with Crippen molar-refractivity contribution in [2.24, 2.45) is 0 Å². The average molecular weight is 324 g/mol. The molecule has 0 unspecified atom stereocenters. The molecule has 24 heavy (non-hydrogen) atoms. The van der Waals surface area contributed by atoms with Crippen molar-refractivity contribution in [3.05, 3.63) is 53.6 Å². The fraction of sp³-hybridized carbons (Fsp3) is 0.263. The van der Waals surface area contributed by atoms with Gasteiger partial charge in [-0.25, -0.2) is 0 Å². The number of anilines is 2. The van der Waals surface area contributed by atoms with Gasteiger partial charge >= 0.3 is 0 Å². The van der Waals surface area contributed by atoms with Gasteiger partial charge in [-0.05, 0) is 55.3 Å². The zero-order valence-corrected chi connectivity index (χ0v) is 13.8.